The molecule has 0 bridgehead atoms. The second-order valence-corrected chi connectivity index (χ2v) is 10.6. The number of thioether (sulfide) groups is 1. The molecule has 4 rings (SSSR count). The van der Waals surface area contributed by atoms with E-state index in [-0.39, 0.29) is 5.91 Å². The first kappa shape index (κ1) is 28.8. The molecule has 1 amide bonds. The standard InChI is InChI=1S/C33H34N2O4S/c1-22-7-3-4-8-26(22)28-21-24(15-18-27(28)32(36)35-30(33(37)38)19-20-40-2)12-11-23-13-16-25(17-14-23)39-31-10-6-5-9-29(31)34/h3-10,13-18,21,30H,11-12,19-20,34H2,1-2H3,(H,35,36)(H,37,38). The maximum absolute atomic E-state index is 13.3. The summed E-state index contributed by atoms with van der Waals surface area (Å²) in [6.07, 6.45) is 3.86. The highest BCUT2D eigenvalue weighted by Gasteiger charge is 2.22. The number of anilines is 1. The lowest BCUT2D eigenvalue weighted by molar-refractivity contribution is -0.139. The Morgan fingerprint density at radius 3 is 2.27 bits per heavy atom. The molecule has 4 aromatic rings. The van der Waals surface area contributed by atoms with E-state index in [0.717, 1.165) is 46.4 Å². The van der Waals surface area contributed by atoms with Crippen LogP contribution in [0.25, 0.3) is 11.1 Å². The van der Waals surface area contributed by atoms with Gasteiger partial charge in [-0.1, -0.05) is 60.7 Å². The molecule has 0 aliphatic rings. The molecular weight excluding hydrogens is 520 g/mol. The van der Waals surface area contributed by atoms with Crippen molar-refractivity contribution in [1.82, 2.24) is 5.32 Å². The average Bonchev–Trinajstić information content (AvgIpc) is 2.96. The van der Waals surface area contributed by atoms with E-state index in [1.807, 2.05) is 92.0 Å². The number of hydrogen-bond acceptors (Lipinski definition) is 5. The van der Waals surface area contributed by atoms with Crippen molar-refractivity contribution >= 4 is 29.3 Å². The van der Waals surface area contributed by atoms with Gasteiger partial charge in [0.05, 0.1) is 5.69 Å². The fourth-order valence-electron chi connectivity index (χ4n) is 4.49. The van der Waals surface area contributed by atoms with Gasteiger partial charge in [0.2, 0.25) is 0 Å². The highest BCUT2D eigenvalue weighted by molar-refractivity contribution is 7.98. The van der Waals surface area contributed by atoms with Crippen LogP contribution in [0.3, 0.4) is 0 Å². The maximum Gasteiger partial charge on any atom is 0.326 e. The van der Waals surface area contributed by atoms with Crippen molar-refractivity contribution in [3.8, 4) is 22.6 Å². The second-order valence-electron chi connectivity index (χ2n) is 9.62. The Bertz CT molecular complexity index is 1470. The summed E-state index contributed by atoms with van der Waals surface area (Å²) in [5.41, 5.74) is 12.1. The first-order chi connectivity index (χ1) is 19.4. The van der Waals surface area contributed by atoms with Gasteiger partial charge in [0.1, 0.15) is 17.5 Å². The molecule has 1 atom stereocenters. The summed E-state index contributed by atoms with van der Waals surface area (Å²) >= 11 is 1.55. The van der Waals surface area contributed by atoms with Gasteiger partial charge in [-0.05, 0) is 96.3 Å². The van der Waals surface area contributed by atoms with Gasteiger partial charge in [-0.2, -0.15) is 11.8 Å². The summed E-state index contributed by atoms with van der Waals surface area (Å²) in [5.74, 6) is 0.583. The molecule has 0 aromatic heterocycles. The second kappa shape index (κ2) is 13.7. The van der Waals surface area contributed by atoms with Crippen molar-refractivity contribution in [1.29, 1.82) is 0 Å². The van der Waals surface area contributed by atoms with Crippen molar-refractivity contribution < 1.29 is 19.4 Å². The van der Waals surface area contributed by atoms with E-state index in [9.17, 15) is 14.7 Å². The summed E-state index contributed by atoms with van der Waals surface area (Å²) in [6.45, 7) is 2.01. The number of rotatable bonds is 12. The number of carbonyl (C=O) groups excluding carboxylic acids is 1. The minimum atomic E-state index is -1.03. The van der Waals surface area contributed by atoms with E-state index in [0.29, 0.717) is 29.2 Å². The van der Waals surface area contributed by atoms with Gasteiger partial charge in [0.15, 0.2) is 0 Å². The first-order valence-electron chi connectivity index (χ1n) is 13.2. The molecule has 0 heterocycles. The minimum absolute atomic E-state index is 0.364. The van der Waals surface area contributed by atoms with E-state index in [2.05, 4.69) is 5.32 Å². The molecule has 4 aromatic carbocycles. The van der Waals surface area contributed by atoms with Gasteiger partial charge in [0, 0.05) is 5.56 Å². The molecule has 0 fully saturated rings. The summed E-state index contributed by atoms with van der Waals surface area (Å²) in [4.78, 5) is 25.0. The maximum atomic E-state index is 13.3. The lowest BCUT2D eigenvalue weighted by atomic mass is 9.92. The Labute approximate surface area is 239 Å². The number of carbonyl (C=O) groups is 2. The molecular formula is C33H34N2O4S. The third kappa shape index (κ3) is 7.45. The third-order valence-corrected chi connectivity index (χ3v) is 7.39. The van der Waals surface area contributed by atoms with Crippen molar-refractivity contribution in [2.24, 2.45) is 0 Å². The van der Waals surface area contributed by atoms with Gasteiger partial charge >= 0.3 is 5.97 Å². The topological polar surface area (TPSA) is 102 Å². The molecule has 0 aliphatic heterocycles. The zero-order valence-electron chi connectivity index (χ0n) is 22.7. The zero-order chi connectivity index (χ0) is 28.5. The van der Waals surface area contributed by atoms with Crippen molar-refractivity contribution in [3.63, 3.8) is 0 Å². The summed E-state index contributed by atoms with van der Waals surface area (Å²) in [6, 6.07) is 28.1. The van der Waals surface area contributed by atoms with Gasteiger partial charge in [0.25, 0.3) is 5.91 Å². The number of aliphatic carboxylic acids is 1. The monoisotopic (exact) mass is 554 g/mol. The van der Waals surface area contributed by atoms with Crippen LogP contribution in [0, 0.1) is 6.92 Å². The number of nitrogens with one attached hydrogen (secondary N) is 1. The summed E-state index contributed by atoms with van der Waals surface area (Å²) < 4.78 is 5.90. The van der Waals surface area contributed by atoms with Gasteiger partial charge in [-0.15, -0.1) is 0 Å². The molecule has 7 heteroatoms. The molecule has 0 saturated carbocycles. The minimum Gasteiger partial charge on any atom is -0.480 e. The number of carboxylic acid groups (broad SMARTS) is 1. The number of nitrogens with two attached hydrogens (primary N) is 1. The lowest BCUT2D eigenvalue weighted by Crippen LogP contribution is -2.41. The van der Waals surface area contributed by atoms with Crippen LogP contribution in [-0.2, 0) is 17.6 Å². The number of ether oxygens (including phenoxy) is 1. The first-order valence-corrected chi connectivity index (χ1v) is 14.6. The van der Waals surface area contributed by atoms with Crippen LogP contribution in [0.15, 0.2) is 91.0 Å². The lowest BCUT2D eigenvalue weighted by Gasteiger charge is -2.18. The van der Waals surface area contributed by atoms with Crippen molar-refractivity contribution in [3.05, 3.63) is 113 Å². The Morgan fingerprint density at radius 2 is 1.57 bits per heavy atom. The van der Waals surface area contributed by atoms with Crippen LogP contribution in [-0.4, -0.2) is 35.0 Å². The molecule has 4 N–H and O–H groups in total. The van der Waals surface area contributed by atoms with Crippen LogP contribution in [0.4, 0.5) is 5.69 Å². The highest BCUT2D eigenvalue weighted by Crippen LogP contribution is 2.30. The van der Waals surface area contributed by atoms with E-state index < -0.39 is 12.0 Å². The number of benzene rings is 4. The molecule has 0 radical (unpaired) electrons. The van der Waals surface area contributed by atoms with Gasteiger partial charge in [-0.3, -0.25) is 4.79 Å². The molecule has 0 saturated heterocycles. The van der Waals surface area contributed by atoms with Gasteiger partial charge < -0.3 is 20.9 Å². The largest absolute Gasteiger partial charge is 0.480 e. The van der Waals surface area contributed by atoms with E-state index in [4.69, 9.17) is 10.5 Å². The number of hydrogen-bond donors (Lipinski definition) is 3. The fourth-order valence-corrected chi connectivity index (χ4v) is 4.96. The Kier molecular flexibility index (Phi) is 9.86. The third-order valence-electron chi connectivity index (χ3n) is 6.75. The van der Waals surface area contributed by atoms with E-state index >= 15 is 0 Å². The average molecular weight is 555 g/mol. The number of aryl methyl sites for hydroxylation is 3. The molecule has 0 aliphatic carbocycles. The molecule has 40 heavy (non-hydrogen) atoms. The normalized spacial score (nSPS) is 11.6. The molecule has 0 spiro atoms. The molecule has 1 unspecified atom stereocenters. The molecule has 6 nitrogen and oxygen atoms in total. The summed E-state index contributed by atoms with van der Waals surface area (Å²) in [7, 11) is 0. The number of amides is 1. The van der Waals surface area contributed by atoms with Crippen LogP contribution < -0.4 is 15.8 Å². The van der Waals surface area contributed by atoms with Crippen molar-refractivity contribution in [2.75, 3.05) is 17.7 Å². The molecule has 206 valence electrons. The van der Waals surface area contributed by atoms with Crippen LogP contribution >= 0.6 is 11.8 Å². The van der Waals surface area contributed by atoms with Crippen LogP contribution in [0.5, 0.6) is 11.5 Å². The Morgan fingerprint density at radius 1 is 0.900 bits per heavy atom. The smallest absolute Gasteiger partial charge is 0.326 e. The van der Waals surface area contributed by atoms with Gasteiger partial charge in [-0.25, -0.2) is 4.79 Å². The Hall–Kier alpha value is -4.23. The Balaban J connectivity index is 1.52. The van der Waals surface area contributed by atoms with Crippen LogP contribution in [0.2, 0.25) is 0 Å². The van der Waals surface area contributed by atoms with E-state index in [1.165, 1.54) is 0 Å². The van der Waals surface area contributed by atoms with E-state index in [1.54, 1.807) is 23.9 Å². The summed E-state index contributed by atoms with van der Waals surface area (Å²) in [5, 5.41) is 12.3. The highest BCUT2D eigenvalue weighted by atomic mass is 32.2. The SMILES string of the molecule is CSCCC(NC(=O)c1ccc(CCc2ccc(Oc3ccccc3N)cc2)cc1-c1ccccc1C)C(=O)O. The number of para-hydroxylation sites is 2. The van der Waals surface area contributed by atoms with Crippen LogP contribution in [0.1, 0.15) is 33.5 Å². The zero-order valence-corrected chi connectivity index (χ0v) is 23.5. The van der Waals surface area contributed by atoms with Crippen molar-refractivity contribution in [2.45, 2.75) is 32.2 Å². The fraction of sp³-hybridized carbons (Fsp3) is 0.212. The predicted molar refractivity (Wildman–Crippen MR) is 163 cm³/mol. The predicted octanol–water partition coefficient (Wildman–Crippen LogP) is 6.76. The number of carboxylic acids is 1. The number of nitrogen functional groups attached to an aromatic ring is 1. The quantitative estimate of drug-likeness (QED) is 0.167.